The molecule has 116 valence electrons. The van der Waals surface area contributed by atoms with Crippen LogP contribution in [0.3, 0.4) is 0 Å². The number of rotatable bonds is 4. The van der Waals surface area contributed by atoms with Gasteiger partial charge in [-0.15, -0.1) is 0 Å². The fourth-order valence-electron chi connectivity index (χ4n) is 2.10. The van der Waals surface area contributed by atoms with Crippen LogP contribution in [0.25, 0.3) is 0 Å². The summed E-state index contributed by atoms with van der Waals surface area (Å²) >= 11 is 1.84. The molecular weight excluding hydrogens is 308 g/mol. The summed E-state index contributed by atoms with van der Waals surface area (Å²) in [6.07, 6.45) is 0.987. The normalized spacial score (nSPS) is 16.3. The first kappa shape index (κ1) is 16.2. The lowest BCUT2D eigenvalue weighted by molar-refractivity contribution is 0.202. The van der Waals surface area contributed by atoms with Gasteiger partial charge in [0.2, 0.25) is 0 Å². The minimum atomic E-state index is -3.33. The molecule has 1 aromatic carbocycles. The number of carbonyl (C=O) groups is 1. The lowest BCUT2D eigenvalue weighted by atomic mass is 10.4. The van der Waals surface area contributed by atoms with Gasteiger partial charge in [0.25, 0.3) is 0 Å². The van der Waals surface area contributed by atoms with Gasteiger partial charge in [-0.1, -0.05) is 18.2 Å². The van der Waals surface area contributed by atoms with Crippen molar-refractivity contribution < 1.29 is 13.2 Å². The number of urea groups is 1. The highest BCUT2D eigenvalue weighted by molar-refractivity contribution is 7.99. The molecule has 0 aliphatic carbocycles. The van der Waals surface area contributed by atoms with E-state index in [2.05, 4.69) is 5.32 Å². The van der Waals surface area contributed by atoms with Crippen molar-refractivity contribution >= 4 is 27.6 Å². The predicted molar refractivity (Wildman–Crippen MR) is 85.4 cm³/mol. The summed E-state index contributed by atoms with van der Waals surface area (Å²) in [5, 5.41) is 2.70. The number of nitrogens with one attached hydrogen (secondary N) is 1. The van der Waals surface area contributed by atoms with E-state index in [1.54, 1.807) is 35.2 Å². The van der Waals surface area contributed by atoms with E-state index >= 15 is 0 Å². The SMILES string of the molecule is O=C(NCCS(=O)(=O)c1ccccc1)N1CCCSCC1. The Morgan fingerprint density at radius 2 is 1.95 bits per heavy atom. The third kappa shape index (κ3) is 4.93. The van der Waals surface area contributed by atoms with Crippen molar-refractivity contribution in [1.82, 2.24) is 10.2 Å². The average molecular weight is 328 g/mol. The van der Waals surface area contributed by atoms with Gasteiger partial charge in [-0.25, -0.2) is 13.2 Å². The van der Waals surface area contributed by atoms with Gasteiger partial charge in [0, 0.05) is 25.4 Å². The number of carbonyl (C=O) groups excluding carboxylic acids is 1. The Morgan fingerprint density at radius 3 is 2.71 bits per heavy atom. The number of hydrogen-bond donors (Lipinski definition) is 1. The molecule has 1 N–H and O–H groups in total. The second kappa shape index (κ2) is 7.70. The summed E-state index contributed by atoms with van der Waals surface area (Å²) in [6.45, 7) is 1.60. The molecule has 1 saturated heterocycles. The molecule has 0 saturated carbocycles. The smallest absolute Gasteiger partial charge is 0.317 e. The zero-order chi connectivity index (χ0) is 15.1. The second-order valence-corrected chi connectivity index (χ2v) is 8.15. The van der Waals surface area contributed by atoms with Crippen molar-refractivity contribution in [3.05, 3.63) is 30.3 Å². The third-order valence-electron chi connectivity index (χ3n) is 3.26. The van der Waals surface area contributed by atoms with Crippen LogP contribution >= 0.6 is 11.8 Å². The molecule has 1 heterocycles. The van der Waals surface area contributed by atoms with Crippen molar-refractivity contribution in [2.24, 2.45) is 0 Å². The van der Waals surface area contributed by atoms with Crippen molar-refractivity contribution in [3.8, 4) is 0 Å². The van der Waals surface area contributed by atoms with Gasteiger partial charge < -0.3 is 10.2 Å². The molecular formula is C14H20N2O3S2. The van der Waals surface area contributed by atoms with E-state index in [4.69, 9.17) is 0 Å². The van der Waals surface area contributed by atoms with Crippen LogP contribution in [-0.2, 0) is 9.84 Å². The van der Waals surface area contributed by atoms with Gasteiger partial charge in [-0.3, -0.25) is 0 Å². The van der Waals surface area contributed by atoms with E-state index in [1.807, 2.05) is 11.8 Å². The molecule has 21 heavy (non-hydrogen) atoms. The third-order valence-corrected chi connectivity index (χ3v) is 6.04. The molecule has 2 amide bonds. The molecule has 0 spiro atoms. The van der Waals surface area contributed by atoms with E-state index in [1.165, 1.54) is 0 Å². The van der Waals surface area contributed by atoms with E-state index in [0.717, 1.165) is 31.0 Å². The first-order valence-electron chi connectivity index (χ1n) is 6.98. The number of nitrogens with zero attached hydrogens (tertiary/aromatic N) is 1. The Balaban J connectivity index is 1.82. The molecule has 7 heteroatoms. The minimum absolute atomic E-state index is 0.0780. The van der Waals surface area contributed by atoms with Crippen molar-refractivity contribution in [2.75, 3.05) is 36.9 Å². The highest BCUT2D eigenvalue weighted by Crippen LogP contribution is 2.11. The van der Waals surface area contributed by atoms with Crippen LogP contribution in [0.4, 0.5) is 4.79 Å². The lowest BCUT2D eigenvalue weighted by Crippen LogP contribution is -2.42. The van der Waals surface area contributed by atoms with Crippen LogP contribution in [-0.4, -0.2) is 56.2 Å². The molecule has 0 radical (unpaired) electrons. The Bertz CT molecular complexity index is 553. The zero-order valence-corrected chi connectivity index (χ0v) is 13.5. The molecule has 0 atom stereocenters. The Hall–Kier alpha value is -1.21. The first-order valence-corrected chi connectivity index (χ1v) is 9.78. The minimum Gasteiger partial charge on any atom is -0.337 e. The van der Waals surface area contributed by atoms with Gasteiger partial charge in [0.1, 0.15) is 0 Å². The summed E-state index contributed by atoms with van der Waals surface area (Å²) in [7, 11) is -3.33. The fourth-order valence-corrected chi connectivity index (χ4v) is 4.16. The molecule has 1 aliphatic heterocycles. The zero-order valence-electron chi connectivity index (χ0n) is 11.8. The van der Waals surface area contributed by atoms with E-state index in [0.29, 0.717) is 4.90 Å². The Kier molecular flexibility index (Phi) is 5.93. The van der Waals surface area contributed by atoms with Gasteiger partial charge in [-0.05, 0) is 24.3 Å². The van der Waals surface area contributed by atoms with Crippen LogP contribution in [0.1, 0.15) is 6.42 Å². The monoisotopic (exact) mass is 328 g/mol. The topological polar surface area (TPSA) is 66.5 Å². The van der Waals surface area contributed by atoms with Crippen molar-refractivity contribution in [2.45, 2.75) is 11.3 Å². The lowest BCUT2D eigenvalue weighted by Gasteiger charge is -2.20. The number of sulfone groups is 1. The standard InChI is InChI=1S/C14H20N2O3S2/c17-14(16-8-4-10-20-11-9-16)15-7-12-21(18,19)13-5-2-1-3-6-13/h1-3,5-6H,4,7-12H2,(H,15,17). The highest BCUT2D eigenvalue weighted by atomic mass is 32.2. The maximum absolute atomic E-state index is 12.1. The van der Waals surface area contributed by atoms with E-state index in [9.17, 15) is 13.2 Å². The quantitative estimate of drug-likeness (QED) is 0.912. The van der Waals surface area contributed by atoms with Gasteiger partial charge in [-0.2, -0.15) is 11.8 Å². The number of thioether (sulfide) groups is 1. The van der Waals surface area contributed by atoms with E-state index < -0.39 is 9.84 Å². The summed E-state index contributed by atoms with van der Waals surface area (Å²) in [5.74, 6) is 1.94. The Labute approximate surface area is 130 Å². The van der Waals surface area contributed by atoms with Crippen LogP contribution in [0.15, 0.2) is 35.2 Å². The highest BCUT2D eigenvalue weighted by Gasteiger charge is 2.17. The molecule has 0 aromatic heterocycles. The van der Waals surface area contributed by atoms with Gasteiger partial charge in [0.15, 0.2) is 9.84 Å². The molecule has 0 bridgehead atoms. The van der Waals surface area contributed by atoms with E-state index in [-0.39, 0.29) is 18.3 Å². The maximum atomic E-state index is 12.1. The van der Waals surface area contributed by atoms with Crippen LogP contribution < -0.4 is 5.32 Å². The molecule has 5 nitrogen and oxygen atoms in total. The largest absolute Gasteiger partial charge is 0.337 e. The number of hydrogen-bond acceptors (Lipinski definition) is 4. The number of amides is 2. The average Bonchev–Trinajstić information content (AvgIpc) is 2.77. The van der Waals surface area contributed by atoms with Gasteiger partial charge >= 0.3 is 6.03 Å². The fraction of sp³-hybridized carbons (Fsp3) is 0.500. The number of benzene rings is 1. The summed E-state index contributed by atoms with van der Waals surface area (Å²) < 4.78 is 24.2. The summed E-state index contributed by atoms with van der Waals surface area (Å²) in [4.78, 5) is 14.0. The molecule has 0 unspecified atom stereocenters. The van der Waals surface area contributed by atoms with Crippen LogP contribution in [0.5, 0.6) is 0 Å². The van der Waals surface area contributed by atoms with Crippen LogP contribution in [0.2, 0.25) is 0 Å². The molecule has 1 aromatic rings. The van der Waals surface area contributed by atoms with Crippen LogP contribution in [0, 0.1) is 0 Å². The first-order chi connectivity index (χ1) is 10.1. The van der Waals surface area contributed by atoms with Crippen molar-refractivity contribution in [3.63, 3.8) is 0 Å². The van der Waals surface area contributed by atoms with Crippen molar-refractivity contribution in [1.29, 1.82) is 0 Å². The molecule has 1 fully saturated rings. The summed E-state index contributed by atoms with van der Waals surface area (Å²) in [6, 6.07) is 8.14. The maximum Gasteiger partial charge on any atom is 0.317 e. The second-order valence-electron chi connectivity index (χ2n) is 4.82. The molecule has 1 aliphatic rings. The molecule has 2 rings (SSSR count). The predicted octanol–water partition coefficient (Wildman–Crippen LogP) is 1.61. The Morgan fingerprint density at radius 1 is 1.19 bits per heavy atom. The summed E-state index contributed by atoms with van der Waals surface area (Å²) in [5.41, 5.74) is 0. The van der Waals surface area contributed by atoms with Gasteiger partial charge in [0.05, 0.1) is 10.6 Å².